The maximum atomic E-state index is 12.4. The lowest BCUT2D eigenvalue weighted by Crippen LogP contribution is -2.43. The molecule has 1 atom stereocenters. The van der Waals surface area contributed by atoms with Crippen LogP contribution in [0.2, 0.25) is 5.02 Å². The first-order valence-electron chi connectivity index (χ1n) is 8.54. The van der Waals surface area contributed by atoms with Crippen LogP contribution in [0.5, 0.6) is 0 Å². The van der Waals surface area contributed by atoms with Crippen LogP contribution >= 0.6 is 11.6 Å². The van der Waals surface area contributed by atoms with E-state index in [0.29, 0.717) is 10.7 Å². The number of hydrogen-bond acceptors (Lipinski definition) is 3. The number of likely N-dealkylation sites (N-methyl/N-ethyl adjacent to an activating group) is 1. The molecule has 0 radical (unpaired) electrons. The summed E-state index contributed by atoms with van der Waals surface area (Å²) in [5.74, 6) is -0.349. The highest BCUT2D eigenvalue weighted by Crippen LogP contribution is 2.14. The fraction of sp³-hybridized carbons (Fsp3) is 0.300. The molecule has 0 aliphatic heterocycles. The van der Waals surface area contributed by atoms with Crippen molar-refractivity contribution in [3.8, 4) is 0 Å². The Bertz CT molecular complexity index is 745. The van der Waals surface area contributed by atoms with E-state index in [2.05, 4.69) is 17.6 Å². The lowest BCUT2D eigenvalue weighted by molar-refractivity contribution is -0.122. The van der Waals surface area contributed by atoms with Crippen LogP contribution in [0.15, 0.2) is 48.5 Å². The van der Waals surface area contributed by atoms with Crippen molar-refractivity contribution in [1.82, 2.24) is 4.90 Å². The van der Waals surface area contributed by atoms with Gasteiger partial charge in [0.1, 0.15) is 0 Å². The Morgan fingerprint density at radius 3 is 2.12 bits per heavy atom. The Morgan fingerprint density at radius 2 is 1.54 bits per heavy atom. The molecule has 2 N–H and O–H groups in total. The molecule has 2 aromatic carbocycles. The number of anilines is 2. The Balaban J connectivity index is 1.86. The van der Waals surface area contributed by atoms with Crippen molar-refractivity contribution in [2.75, 3.05) is 24.2 Å². The monoisotopic (exact) mass is 373 g/mol. The summed E-state index contributed by atoms with van der Waals surface area (Å²) in [4.78, 5) is 26.2. The third-order valence-electron chi connectivity index (χ3n) is 4.19. The van der Waals surface area contributed by atoms with E-state index in [1.807, 2.05) is 24.3 Å². The number of aryl methyl sites for hydroxylation is 1. The second-order valence-electron chi connectivity index (χ2n) is 6.19. The second kappa shape index (κ2) is 9.36. The molecule has 138 valence electrons. The van der Waals surface area contributed by atoms with E-state index in [0.717, 1.165) is 12.1 Å². The summed E-state index contributed by atoms with van der Waals surface area (Å²) >= 11 is 5.83. The van der Waals surface area contributed by atoms with E-state index >= 15 is 0 Å². The molecule has 2 rings (SSSR count). The zero-order valence-corrected chi connectivity index (χ0v) is 16.0. The number of carbonyl (C=O) groups excluding carboxylic acids is 2. The third-order valence-corrected chi connectivity index (χ3v) is 4.44. The lowest BCUT2D eigenvalue weighted by atomic mass is 10.1. The van der Waals surface area contributed by atoms with Crippen molar-refractivity contribution in [3.05, 3.63) is 59.1 Å². The summed E-state index contributed by atoms with van der Waals surface area (Å²) in [6.45, 7) is 3.96. The van der Waals surface area contributed by atoms with Crippen LogP contribution in [0.4, 0.5) is 11.4 Å². The minimum atomic E-state index is -0.447. The predicted molar refractivity (Wildman–Crippen MR) is 107 cm³/mol. The first-order valence-corrected chi connectivity index (χ1v) is 8.92. The number of nitrogens with one attached hydrogen (secondary N) is 2. The fourth-order valence-electron chi connectivity index (χ4n) is 2.37. The molecule has 0 spiro atoms. The molecule has 2 aromatic rings. The number of carbonyl (C=O) groups is 2. The first kappa shape index (κ1) is 19.9. The van der Waals surface area contributed by atoms with Crippen LogP contribution in [0, 0.1) is 0 Å². The van der Waals surface area contributed by atoms with Crippen LogP contribution < -0.4 is 10.6 Å². The summed E-state index contributed by atoms with van der Waals surface area (Å²) in [5, 5.41) is 6.27. The average molecular weight is 374 g/mol. The van der Waals surface area contributed by atoms with Crippen LogP contribution in [0.1, 0.15) is 19.4 Å². The second-order valence-corrected chi connectivity index (χ2v) is 6.62. The summed E-state index contributed by atoms with van der Waals surface area (Å²) < 4.78 is 0. The van der Waals surface area contributed by atoms with Gasteiger partial charge in [-0.15, -0.1) is 0 Å². The van der Waals surface area contributed by atoms with E-state index in [1.54, 1.807) is 43.1 Å². The van der Waals surface area contributed by atoms with E-state index in [4.69, 9.17) is 11.6 Å². The Kier molecular flexibility index (Phi) is 7.18. The highest BCUT2D eigenvalue weighted by molar-refractivity contribution is 6.30. The Morgan fingerprint density at radius 1 is 1.00 bits per heavy atom. The SMILES string of the molecule is CCc1ccc(NC(=O)C(C)N(C)CC(=O)Nc2ccc(Cl)cc2)cc1. The molecule has 0 bridgehead atoms. The molecule has 6 heteroatoms. The summed E-state index contributed by atoms with van der Waals surface area (Å²) in [7, 11) is 1.74. The minimum absolute atomic E-state index is 0.103. The Labute approximate surface area is 159 Å². The van der Waals surface area contributed by atoms with Crippen molar-refractivity contribution in [2.24, 2.45) is 0 Å². The van der Waals surface area contributed by atoms with Gasteiger partial charge in [0.05, 0.1) is 12.6 Å². The number of rotatable bonds is 7. The maximum Gasteiger partial charge on any atom is 0.241 e. The molecule has 0 saturated carbocycles. The molecule has 1 unspecified atom stereocenters. The van der Waals surface area contributed by atoms with Crippen molar-refractivity contribution in [3.63, 3.8) is 0 Å². The van der Waals surface area contributed by atoms with Crippen molar-refractivity contribution < 1.29 is 9.59 Å². The number of nitrogens with zero attached hydrogens (tertiary/aromatic N) is 1. The van der Waals surface area contributed by atoms with Gasteiger partial charge in [-0.1, -0.05) is 30.7 Å². The van der Waals surface area contributed by atoms with E-state index in [-0.39, 0.29) is 18.4 Å². The van der Waals surface area contributed by atoms with Gasteiger partial charge in [-0.25, -0.2) is 0 Å². The van der Waals surface area contributed by atoms with Gasteiger partial charge in [0.15, 0.2) is 0 Å². The number of halogens is 1. The molecule has 0 aromatic heterocycles. The zero-order valence-electron chi connectivity index (χ0n) is 15.3. The van der Waals surface area contributed by atoms with Gasteiger partial charge >= 0.3 is 0 Å². The number of amides is 2. The Hall–Kier alpha value is -2.37. The third kappa shape index (κ3) is 5.86. The topological polar surface area (TPSA) is 61.4 Å². The summed E-state index contributed by atoms with van der Waals surface area (Å²) in [6, 6.07) is 14.2. The van der Waals surface area contributed by atoms with Crippen molar-refractivity contribution in [1.29, 1.82) is 0 Å². The predicted octanol–water partition coefficient (Wildman–Crippen LogP) is 3.80. The molecule has 0 aliphatic rings. The molecule has 0 heterocycles. The standard InChI is InChI=1S/C20H24ClN3O2/c1-4-15-5-9-18(10-6-15)23-20(26)14(2)24(3)13-19(25)22-17-11-7-16(21)8-12-17/h5-12,14H,4,13H2,1-3H3,(H,22,25)(H,23,26). The maximum absolute atomic E-state index is 12.4. The lowest BCUT2D eigenvalue weighted by Gasteiger charge is -2.23. The highest BCUT2D eigenvalue weighted by Gasteiger charge is 2.20. The molecular weight excluding hydrogens is 350 g/mol. The molecule has 26 heavy (non-hydrogen) atoms. The van der Waals surface area contributed by atoms with E-state index in [9.17, 15) is 9.59 Å². The fourth-order valence-corrected chi connectivity index (χ4v) is 2.49. The van der Waals surface area contributed by atoms with Gasteiger partial charge in [0.25, 0.3) is 0 Å². The molecule has 2 amide bonds. The average Bonchev–Trinajstić information content (AvgIpc) is 2.63. The number of hydrogen-bond donors (Lipinski definition) is 2. The van der Waals surface area contributed by atoms with E-state index < -0.39 is 6.04 Å². The van der Waals surface area contributed by atoms with Gasteiger partial charge in [0.2, 0.25) is 11.8 Å². The van der Waals surface area contributed by atoms with Gasteiger partial charge in [-0.3, -0.25) is 14.5 Å². The van der Waals surface area contributed by atoms with Crippen LogP contribution in [-0.2, 0) is 16.0 Å². The van der Waals surface area contributed by atoms with Gasteiger partial charge in [0, 0.05) is 16.4 Å². The smallest absolute Gasteiger partial charge is 0.241 e. The van der Waals surface area contributed by atoms with Gasteiger partial charge in [-0.05, 0) is 62.4 Å². The van der Waals surface area contributed by atoms with Gasteiger partial charge < -0.3 is 10.6 Å². The molecule has 0 aliphatic carbocycles. The molecule has 0 fully saturated rings. The van der Waals surface area contributed by atoms with E-state index in [1.165, 1.54) is 5.56 Å². The minimum Gasteiger partial charge on any atom is -0.325 e. The largest absolute Gasteiger partial charge is 0.325 e. The quantitative estimate of drug-likeness (QED) is 0.776. The van der Waals surface area contributed by atoms with Crippen LogP contribution in [0.25, 0.3) is 0 Å². The van der Waals surface area contributed by atoms with Gasteiger partial charge in [-0.2, -0.15) is 0 Å². The summed E-state index contributed by atoms with van der Waals surface area (Å²) in [5.41, 5.74) is 2.63. The van der Waals surface area contributed by atoms with Crippen molar-refractivity contribution >= 4 is 34.8 Å². The molecular formula is C20H24ClN3O2. The van der Waals surface area contributed by atoms with Crippen LogP contribution in [0.3, 0.4) is 0 Å². The summed E-state index contributed by atoms with van der Waals surface area (Å²) in [6.07, 6.45) is 0.954. The van der Waals surface area contributed by atoms with Crippen molar-refractivity contribution in [2.45, 2.75) is 26.3 Å². The highest BCUT2D eigenvalue weighted by atomic mass is 35.5. The first-order chi connectivity index (χ1) is 12.4. The zero-order chi connectivity index (χ0) is 19.1. The number of benzene rings is 2. The normalized spacial score (nSPS) is 11.9. The molecule has 5 nitrogen and oxygen atoms in total. The molecule has 0 saturated heterocycles. The van der Waals surface area contributed by atoms with Crippen LogP contribution in [-0.4, -0.2) is 36.3 Å².